The summed E-state index contributed by atoms with van der Waals surface area (Å²) in [6.07, 6.45) is 11.4. The Bertz CT molecular complexity index is 637. The largest absolute Gasteiger partial charge is 0.372 e. The fourth-order valence-electron chi connectivity index (χ4n) is 7.18. The molecular weight excluding hydrogens is 320 g/mol. The summed E-state index contributed by atoms with van der Waals surface area (Å²) in [5.41, 5.74) is 3.11. The molecule has 0 heterocycles. The molecule has 4 rings (SSSR count). The monoisotopic (exact) mass is 356 g/mol. The second-order valence-electron chi connectivity index (χ2n) is 10.4. The van der Waals surface area contributed by atoms with Crippen molar-refractivity contribution in [2.24, 2.45) is 29.1 Å². The molecule has 0 N–H and O–H groups in total. The van der Waals surface area contributed by atoms with Gasteiger partial charge in [0.2, 0.25) is 0 Å². The molecule has 4 aliphatic carbocycles. The number of ether oxygens (including phenoxy) is 1. The number of rotatable bonds is 2. The number of allylic oxidation sites excluding steroid dienone is 2. The van der Waals surface area contributed by atoms with E-state index in [9.17, 15) is 4.79 Å². The Balaban J connectivity index is 1.65. The number of ketones is 1. The van der Waals surface area contributed by atoms with Crippen molar-refractivity contribution in [1.82, 2.24) is 0 Å². The molecule has 0 radical (unpaired) electrons. The number of carbonyl (C=O) groups excluding carboxylic acids is 1. The van der Waals surface area contributed by atoms with Crippen LogP contribution >= 0.6 is 0 Å². The molecular formula is C24H36O2. The summed E-state index contributed by atoms with van der Waals surface area (Å²) in [6, 6.07) is 0. The van der Waals surface area contributed by atoms with E-state index >= 15 is 0 Å². The third kappa shape index (κ3) is 2.84. The van der Waals surface area contributed by atoms with Crippen molar-refractivity contribution in [3.63, 3.8) is 0 Å². The van der Waals surface area contributed by atoms with E-state index in [2.05, 4.69) is 34.3 Å². The van der Waals surface area contributed by atoms with Gasteiger partial charge in [-0.25, -0.2) is 0 Å². The van der Waals surface area contributed by atoms with Crippen molar-refractivity contribution in [3.8, 4) is 0 Å². The van der Waals surface area contributed by atoms with Gasteiger partial charge in [-0.15, -0.1) is 0 Å². The van der Waals surface area contributed by atoms with Crippen molar-refractivity contribution in [2.45, 2.75) is 90.8 Å². The van der Waals surface area contributed by atoms with Gasteiger partial charge in [-0.1, -0.05) is 24.6 Å². The number of fused-ring (bicyclic) bond motifs is 5. The van der Waals surface area contributed by atoms with E-state index in [-0.39, 0.29) is 11.0 Å². The standard InChI is InChI=1S/C24H36O2/c1-6-24-14-15(2)22-18-10-8-17(25)13-16(18)7-9-19(22)20(24)11-12-21(24)26-23(3,4)5/h13,18-22H,2,6-12,14H2,1,3-5H3/t18?,19-,20-,21-,22+,24-/m0/s1. The normalized spacial score (nSPS) is 42.8. The quantitative estimate of drug-likeness (QED) is 0.579. The van der Waals surface area contributed by atoms with Crippen LogP contribution in [0, 0.1) is 29.1 Å². The SMILES string of the molecule is C=C1C[C@]2(CC)[C@@H](OC(C)(C)C)CC[C@H]2[C@@H]2CCC3=CC(=O)CCC3[C@@H]12. The number of hydrogen-bond acceptors (Lipinski definition) is 2. The van der Waals surface area contributed by atoms with Crippen LogP contribution in [0.5, 0.6) is 0 Å². The van der Waals surface area contributed by atoms with Gasteiger partial charge < -0.3 is 4.74 Å². The van der Waals surface area contributed by atoms with E-state index in [1.54, 1.807) is 0 Å². The Hall–Kier alpha value is -0.890. The van der Waals surface area contributed by atoms with Crippen LogP contribution in [0.15, 0.2) is 23.8 Å². The minimum absolute atomic E-state index is 0.0773. The molecule has 4 aliphatic rings. The van der Waals surface area contributed by atoms with Crippen molar-refractivity contribution in [1.29, 1.82) is 0 Å². The van der Waals surface area contributed by atoms with E-state index in [0.29, 0.717) is 23.7 Å². The van der Waals surface area contributed by atoms with Crippen LogP contribution in [0.1, 0.15) is 79.1 Å². The van der Waals surface area contributed by atoms with Crippen molar-refractivity contribution in [3.05, 3.63) is 23.8 Å². The lowest BCUT2D eigenvalue weighted by molar-refractivity contribution is -0.132. The molecule has 0 saturated heterocycles. The van der Waals surface area contributed by atoms with Crippen molar-refractivity contribution >= 4 is 5.78 Å². The first-order valence-electron chi connectivity index (χ1n) is 10.8. The molecule has 2 nitrogen and oxygen atoms in total. The predicted octanol–water partition coefficient (Wildman–Crippen LogP) is 5.87. The lowest BCUT2D eigenvalue weighted by atomic mass is 9.50. The molecule has 0 amide bonds. The molecule has 1 unspecified atom stereocenters. The average Bonchev–Trinajstić information content (AvgIpc) is 2.91. The van der Waals surface area contributed by atoms with Gasteiger partial charge >= 0.3 is 0 Å². The predicted molar refractivity (Wildman–Crippen MR) is 106 cm³/mol. The number of carbonyl (C=O) groups is 1. The van der Waals surface area contributed by atoms with E-state index in [4.69, 9.17) is 4.74 Å². The highest BCUT2D eigenvalue weighted by molar-refractivity contribution is 5.91. The fraction of sp³-hybridized carbons (Fsp3) is 0.792. The summed E-state index contributed by atoms with van der Waals surface area (Å²) in [5, 5.41) is 0. The van der Waals surface area contributed by atoms with Crippen LogP contribution in [0.2, 0.25) is 0 Å². The van der Waals surface area contributed by atoms with Gasteiger partial charge in [-0.2, -0.15) is 0 Å². The fourth-order valence-corrected chi connectivity index (χ4v) is 7.18. The second kappa shape index (κ2) is 6.33. The second-order valence-corrected chi connectivity index (χ2v) is 10.4. The minimum Gasteiger partial charge on any atom is -0.372 e. The summed E-state index contributed by atoms with van der Waals surface area (Å²) in [6.45, 7) is 13.6. The highest BCUT2D eigenvalue weighted by Crippen LogP contribution is 2.65. The molecule has 3 fully saturated rings. The maximum Gasteiger partial charge on any atom is 0.155 e. The number of hydrogen-bond donors (Lipinski definition) is 0. The summed E-state index contributed by atoms with van der Waals surface area (Å²) < 4.78 is 6.61. The van der Waals surface area contributed by atoms with E-state index in [1.165, 1.54) is 36.8 Å². The lowest BCUT2D eigenvalue weighted by Gasteiger charge is -2.56. The zero-order chi connectivity index (χ0) is 18.7. The maximum atomic E-state index is 11.9. The first-order chi connectivity index (χ1) is 12.2. The van der Waals surface area contributed by atoms with Crippen LogP contribution in [0.3, 0.4) is 0 Å². The molecule has 26 heavy (non-hydrogen) atoms. The molecule has 6 atom stereocenters. The summed E-state index contributed by atoms with van der Waals surface area (Å²) >= 11 is 0. The molecule has 0 aliphatic heterocycles. The van der Waals surface area contributed by atoms with Crippen molar-refractivity contribution in [2.75, 3.05) is 0 Å². The van der Waals surface area contributed by atoms with Gasteiger partial charge in [-0.05, 0) is 95.5 Å². The molecule has 144 valence electrons. The Morgan fingerprint density at radius 1 is 1.19 bits per heavy atom. The lowest BCUT2D eigenvalue weighted by Crippen LogP contribution is -2.51. The Labute approximate surface area is 159 Å². The maximum absolute atomic E-state index is 11.9. The third-order valence-electron chi connectivity index (χ3n) is 8.00. The van der Waals surface area contributed by atoms with Crippen LogP contribution in [-0.2, 0) is 9.53 Å². The molecule has 0 bridgehead atoms. The summed E-state index contributed by atoms with van der Waals surface area (Å²) in [7, 11) is 0. The molecule has 2 heteroatoms. The van der Waals surface area contributed by atoms with Crippen LogP contribution in [0.4, 0.5) is 0 Å². The Morgan fingerprint density at radius 2 is 1.96 bits per heavy atom. The molecule has 0 aromatic rings. The Kier molecular flexibility index (Phi) is 4.50. The zero-order valence-electron chi connectivity index (χ0n) is 17.1. The van der Waals surface area contributed by atoms with Crippen LogP contribution < -0.4 is 0 Å². The highest BCUT2D eigenvalue weighted by atomic mass is 16.5. The smallest absolute Gasteiger partial charge is 0.155 e. The average molecular weight is 357 g/mol. The minimum atomic E-state index is -0.0773. The molecule has 0 aromatic carbocycles. The Morgan fingerprint density at radius 3 is 2.65 bits per heavy atom. The molecule has 0 aromatic heterocycles. The van der Waals surface area contributed by atoms with Gasteiger partial charge in [0, 0.05) is 11.8 Å². The van der Waals surface area contributed by atoms with Gasteiger partial charge in [-0.3, -0.25) is 4.79 Å². The van der Waals surface area contributed by atoms with Crippen LogP contribution in [0.25, 0.3) is 0 Å². The highest BCUT2D eigenvalue weighted by Gasteiger charge is 2.59. The van der Waals surface area contributed by atoms with E-state index < -0.39 is 0 Å². The van der Waals surface area contributed by atoms with Gasteiger partial charge in [0.05, 0.1) is 11.7 Å². The van der Waals surface area contributed by atoms with Crippen molar-refractivity contribution < 1.29 is 9.53 Å². The van der Waals surface area contributed by atoms with E-state index in [0.717, 1.165) is 37.5 Å². The first kappa shape index (κ1) is 18.5. The van der Waals surface area contributed by atoms with E-state index in [1.807, 2.05) is 6.08 Å². The third-order valence-corrected chi connectivity index (χ3v) is 8.00. The molecule has 0 spiro atoms. The first-order valence-corrected chi connectivity index (χ1v) is 10.8. The van der Waals surface area contributed by atoms with Gasteiger partial charge in [0.15, 0.2) is 5.78 Å². The zero-order valence-corrected chi connectivity index (χ0v) is 17.1. The summed E-state index contributed by atoms with van der Waals surface area (Å²) in [4.78, 5) is 11.9. The van der Waals surface area contributed by atoms with Gasteiger partial charge in [0.1, 0.15) is 0 Å². The molecule has 3 saturated carbocycles. The summed E-state index contributed by atoms with van der Waals surface area (Å²) in [5.74, 6) is 3.07. The van der Waals surface area contributed by atoms with Crippen LogP contribution in [-0.4, -0.2) is 17.5 Å². The van der Waals surface area contributed by atoms with Gasteiger partial charge in [0.25, 0.3) is 0 Å². The topological polar surface area (TPSA) is 26.3 Å².